The molecule has 0 aliphatic heterocycles. The van der Waals surface area contributed by atoms with Gasteiger partial charge in [-0.25, -0.2) is 0 Å². The summed E-state index contributed by atoms with van der Waals surface area (Å²) in [7, 11) is 1.51. The molecule has 0 heterocycles. The molecule has 0 radical (unpaired) electrons. The van der Waals surface area contributed by atoms with Crippen LogP contribution in [0.1, 0.15) is 18.9 Å². The topological polar surface area (TPSA) is 129 Å². The fourth-order valence-corrected chi connectivity index (χ4v) is 2.79. The third-order valence-corrected chi connectivity index (χ3v) is 4.08. The molecule has 1 N–H and O–H groups in total. The summed E-state index contributed by atoms with van der Waals surface area (Å²) in [5.74, 6) is 1.08. The molecule has 0 aromatic heterocycles. The molecule has 11 heteroatoms. The molecule has 0 saturated carbocycles. The molecule has 0 spiro atoms. The Labute approximate surface area is 168 Å². The van der Waals surface area contributed by atoms with Gasteiger partial charge in [-0.1, -0.05) is 6.92 Å². The van der Waals surface area contributed by atoms with Crippen LogP contribution in [0.5, 0.6) is 11.5 Å². The van der Waals surface area contributed by atoms with Crippen molar-refractivity contribution in [1.29, 1.82) is 0 Å². The van der Waals surface area contributed by atoms with Gasteiger partial charge < -0.3 is 9.47 Å². The molecule has 2 aromatic carbocycles. The van der Waals surface area contributed by atoms with Crippen molar-refractivity contribution in [2.45, 2.75) is 13.3 Å². The SMILES string of the molecule is CCCOc1c(Br)cc(/C=N/Nc2ccc([N+](=O)[O-])cc2[N+](=O)[O-])cc1OC. The minimum absolute atomic E-state index is 0.0285. The van der Waals surface area contributed by atoms with Gasteiger partial charge in [0.2, 0.25) is 0 Å². The van der Waals surface area contributed by atoms with Crippen molar-refractivity contribution in [3.05, 3.63) is 60.6 Å². The largest absolute Gasteiger partial charge is 0.493 e. The van der Waals surface area contributed by atoms with E-state index in [1.165, 1.54) is 19.4 Å². The predicted molar refractivity (Wildman–Crippen MR) is 107 cm³/mol. The molecule has 0 atom stereocenters. The van der Waals surface area contributed by atoms with Gasteiger partial charge in [0, 0.05) is 6.07 Å². The number of nitrogens with one attached hydrogen (secondary N) is 1. The number of benzene rings is 2. The molecule has 0 aliphatic carbocycles. The fourth-order valence-electron chi connectivity index (χ4n) is 2.21. The van der Waals surface area contributed by atoms with E-state index in [9.17, 15) is 20.2 Å². The molecule has 2 aromatic rings. The average Bonchev–Trinajstić information content (AvgIpc) is 2.66. The molecule has 0 saturated heterocycles. The predicted octanol–water partition coefficient (Wildman–Crippen LogP) is 4.51. The lowest BCUT2D eigenvalue weighted by Gasteiger charge is -2.12. The van der Waals surface area contributed by atoms with E-state index in [0.29, 0.717) is 28.1 Å². The summed E-state index contributed by atoms with van der Waals surface area (Å²) in [6, 6.07) is 6.71. The van der Waals surface area contributed by atoms with Crippen LogP contribution in [0.15, 0.2) is 39.9 Å². The summed E-state index contributed by atoms with van der Waals surface area (Å²) in [6.07, 6.45) is 2.28. The van der Waals surface area contributed by atoms with Crippen LogP contribution >= 0.6 is 15.9 Å². The summed E-state index contributed by atoms with van der Waals surface area (Å²) >= 11 is 3.42. The summed E-state index contributed by atoms with van der Waals surface area (Å²) in [6.45, 7) is 2.53. The number of anilines is 1. The molecular formula is C17H17BrN4O6. The first-order chi connectivity index (χ1) is 13.4. The van der Waals surface area contributed by atoms with Crippen LogP contribution in [0, 0.1) is 20.2 Å². The summed E-state index contributed by atoms with van der Waals surface area (Å²) in [4.78, 5) is 20.5. The number of halogens is 1. The lowest BCUT2D eigenvalue weighted by atomic mass is 10.2. The van der Waals surface area contributed by atoms with E-state index in [-0.39, 0.29) is 11.4 Å². The number of non-ortho nitro benzene ring substituents is 1. The Bertz CT molecular complexity index is 919. The second kappa shape index (κ2) is 9.65. The second-order valence-corrected chi connectivity index (χ2v) is 6.32. The van der Waals surface area contributed by atoms with E-state index >= 15 is 0 Å². The first kappa shape index (κ1) is 21.1. The van der Waals surface area contributed by atoms with E-state index in [4.69, 9.17) is 9.47 Å². The third kappa shape index (κ3) is 5.16. The number of ether oxygens (including phenoxy) is 2. The highest BCUT2D eigenvalue weighted by atomic mass is 79.9. The van der Waals surface area contributed by atoms with Crippen LogP contribution in [-0.4, -0.2) is 29.8 Å². The van der Waals surface area contributed by atoms with Crippen molar-refractivity contribution in [2.24, 2.45) is 5.10 Å². The van der Waals surface area contributed by atoms with Crippen LogP contribution in [0.2, 0.25) is 0 Å². The van der Waals surface area contributed by atoms with Gasteiger partial charge in [0.25, 0.3) is 5.69 Å². The summed E-state index contributed by atoms with van der Waals surface area (Å²) in [5.41, 5.74) is 2.38. The lowest BCUT2D eigenvalue weighted by Crippen LogP contribution is -2.00. The van der Waals surface area contributed by atoms with E-state index in [1.807, 2.05) is 6.92 Å². The third-order valence-electron chi connectivity index (χ3n) is 3.49. The van der Waals surface area contributed by atoms with Gasteiger partial charge in [0.15, 0.2) is 11.5 Å². The Kier molecular flexibility index (Phi) is 7.27. The Morgan fingerprint density at radius 1 is 1.21 bits per heavy atom. The number of rotatable bonds is 9. The highest BCUT2D eigenvalue weighted by Crippen LogP contribution is 2.36. The van der Waals surface area contributed by atoms with E-state index in [0.717, 1.165) is 18.6 Å². The zero-order valence-electron chi connectivity index (χ0n) is 15.0. The molecule has 28 heavy (non-hydrogen) atoms. The Balaban J connectivity index is 2.24. The Morgan fingerprint density at radius 2 is 1.96 bits per heavy atom. The van der Waals surface area contributed by atoms with Gasteiger partial charge in [-0.15, -0.1) is 0 Å². The molecule has 0 aliphatic rings. The van der Waals surface area contributed by atoms with Gasteiger partial charge in [0.05, 0.1) is 40.3 Å². The number of hydrazone groups is 1. The molecule has 0 bridgehead atoms. The first-order valence-corrected chi connectivity index (χ1v) is 8.88. The van der Waals surface area contributed by atoms with Gasteiger partial charge in [-0.2, -0.15) is 5.10 Å². The average molecular weight is 453 g/mol. The fraction of sp³-hybridized carbons (Fsp3) is 0.235. The normalized spacial score (nSPS) is 10.7. The van der Waals surface area contributed by atoms with Crippen molar-refractivity contribution >= 4 is 39.2 Å². The molecule has 0 unspecified atom stereocenters. The number of methoxy groups -OCH3 is 1. The van der Waals surface area contributed by atoms with Crippen LogP contribution in [0.25, 0.3) is 0 Å². The number of hydrogen-bond donors (Lipinski definition) is 1. The molecule has 2 rings (SSSR count). The van der Waals surface area contributed by atoms with Crippen molar-refractivity contribution in [3.63, 3.8) is 0 Å². The quantitative estimate of drug-likeness (QED) is 0.336. The van der Waals surface area contributed by atoms with Crippen LogP contribution in [0.4, 0.5) is 17.1 Å². The molecular weight excluding hydrogens is 436 g/mol. The highest BCUT2D eigenvalue weighted by Gasteiger charge is 2.19. The summed E-state index contributed by atoms with van der Waals surface area (Å²) in [5, 5.41) is 25.9. The zero-order valence-corrected chi connectivity index (χ0v) is 16.6. The molecule has 0 amide bonds. The smallest absolute Gasteiger partial charge is 0.301 e. The number of nitrogens with zero attached hydrogens (tertiary/aromatic N) is 3. The van der Waals surface area contributed by atoms with Gasteiger partial charge in [0.1, 0.15) is 5.69 Å². The summed E-state index contributed by atoms with van der Waals surface area (Å²) < 4.78 is 11.6. The lowest BCUT2D eigenvalue weighted by molar-refractivity contribution is -0.393. The monoisotopic (exact) mass is 452 g/mol. The second-order valence-electron chi connectivity index (χ2n) is 5.47. The molecule has 10 nitrogen and oxygen atoms in total. The number of hydrogen-bond acceptors (Lipinski definition) is 8. The number of nitro benzene ring substituents is 2. The maximum atomic E-state index is 11.1. The standard InChI is InChI=1S/C17H17BrN4O6/c1-3-6-28-17-13(18)7-11(8-16(17)27-2)10-19-20-14-5-4-12(21(23)24)9-15(14)22(25)26/h4-5,7-10,20H,3,6H2,1-2H3/b19-10+. The van der Waals surface area contributed by atoms with Crippen LogP contribution < -0.4 is 14.9 Å². The highest BCUT2D eigenvalue weighted by molar-refractivity contribution is 9.10. The van der Waals surface area contributed by atoms with Gasteiger partial charge in [-0.05, 0) is 46.1 Å². The van der Waals surface area contributed by atoms with Gasteiger partial charge in [-0.3, -0.25) is 25.7 Å². The first-order valence-electron chi connectivity index (χ1n) is 8.09. The Hall–Kier alpha value is -3.21. The van der Waals surface area contributed by atoms with Crippen molar-refractivity contribution < 1.29 is 19.3 Å². The maximum absolute atomic E-state index is 11.1. The Morgan fingerprint density at radius 3 is 2.57 bits per heavy atom. The van der Waals surface area contributed by atoms with E-state index in [1.54, 1.807) is 12.1 Å². The van der Waals surface area contributed by atoms with E-state index < -0.39 is 15.5 Å². The van der Waals surface area contributed by atoms with Crippen LogP contribution in [-0.2, 0) is 0 Å². The minimum Gasteiger partial charge on any atom is -0.493 e. The number of nitro groups is 2. The van der Waals surface area contributed by atoms with Gasteiger partial charge >= 0.3 is 5.69 Å². The van der Waals surface area contributed by atoms with E-state index in [2.05, 4.69) is 26.5 Å². The van der Waals surface area contributed by atoms with Crippen LogP contribution in [0.3, 0.4) is 0 Å². The minimum atomic E-state index is -0.718. The zero-order chi connectivity index (χ0) is 20.7. The maximum Gasteiger partial charge on any atom is 0.301 e. The van der Waals surface area contributed by atoms with Crippen molar-refractivity contribution in [2.75, 3.05) is 19.1 Å². The molecule has 148 valence electrons. The van der Waals surface area contributed by atoms with Crippen molar-refractivity contribution in [3.8, 4) is 11.5 Å². The van der Waals surface area contributed by atoms with Crippen molar-refractivity contribution in [1.82, 2.24) is 0 Å². The molecule has 0 fully saturated rings.